The van der Waals surface area contributed by atoms with Crippen molar-refractivity contribution in [2.45, 2.75) is 18.1 Å². The number of benzene rings is 4. The first-order valence-corrected chi connectivity index (χ1v) is 12.1. The molecule has 0 aliphatic carbocycles. The van der Waals surface area contributed by atoms with Crippen molar-refractivity contribution in [3.8, 4) is 16.9 Å². The number of aliphatic carboxylic acids is 1. The van der Waals surface area contributed by atoms with Crippen LogP contribution >= 0.6 is 23.6 Å². The van der Waals surface area contributed by atoms with Crippen molar-refractivity contribution in [3.05, 3.63) is 102 Å². The molecule has 4 aromatic carbocycles. The van der Waals surface area contributed by atoms with Crippen LogP contribution in [0, 0.1) is 0 Å². The smallest absolute Gasteiger partial charge is 0.320 e. The van der Waals surface area contributed by atoms with E-state index >= 15 is 0 Å². The lowest BCUT2D eigenvalue weighted by atomic mass is 10.0. The summed E-state index contributed by atoms with van der Waals surface area (Å²) < 4.78 is 11.7. The van der Waals surface area contributed by atoms with Gasteiger partial charge in [0.25, 0.3) is 0 Å². The lowest BCUT2D eigenvalue weighted by Crippen LogP contribution is -2.18. The predicted molar refractivity (Wildman–Crippen MR) is 139 cm³/mol. The highest BCUT2D eigenvalue weighted by Gasteiger charge is 2.20. The van der Waals surface area contributed by atoms with Crippen LogP contribution in [0.15, 0.2) is 95.4 Å². The largest absolute Gasteiger partial charge is 0.480 e. The van der Waals surface area contributed by atoms with Crippen LogP contribution in [0.2, 0.25) is 5.02 Å². The number of fused-ring (bicyclic) bond motifs is 3. The maximum Gasteiger partial charge on any atom is 0.320 e. The monoisotopic (exact) mass is 488 g/mol. The highest BCUT2D eigenvalue weighted by Crippen LogP contribution is 2.33. The van der Waals surface area contributed by atoms with Gasteiger partial charge in [-0.1, -0.05) is 66.2 Å². The van der Waals surface area contributed by atoms with E-state index in [0.717, 1.165) is 50.7 Å². The van der Waals surface area contributed by atoms with E-state index in [2.05, 4.69) is 0 Å². The standard InChI is InChI=1S/C28H21ClO4S/c29-21-12-10-20(11-13-21)19-8-5-18(6-9-19)7-16-27(28(30)31)34-33-22-14-15-26-24(17-22)23-3-1-2-4-25(23)32-26/h1-6,8-15,17,27H,7,16H2,(H,30,31). The van der Waals surface area contributed by atoms with Gasteiger partial charge in [0.15, 0.2) is 0 Å². The van der Waals surface area contributed by atoms with Gasteiger partial charge in [-0.25, -0.2) is 0 Å². The molecule has 1 atom stereocenters. The molecule has 0 amide bonds. The fourth-order valence-corrected chi connectivity index (χ4v) is 4.64. The average molecular weight is 489 g/mol. The number of hydrogen-bond acceptors (Lipinski definition) is 4. The highest BCUT2D eigenvalue weighted by molar-refractivity contribution is 7.96. The quantitative estimate of drug-likeness (QED) is 0.224. The molecule has 1 N–H and O–H groups in total. The molecule has 5 rings (SSSR count). The summed E-state index contributed by atoms with van der Waals surface area (Å²) in [5.41, 5.74) is 4.85. The number of furan rings is 1. The van der Waals surface area contributed by atoms with Gasteiger partial charge < -0.3 is 13.7 Å². The third-order valence-electron chi connectivity index (χ3n) is 5.71. The number of hydrogen-bond donors (Lipinski definition) is 1. The minimum absolute atomic E-state index is 0.456. The summed E-state index contributed by atoms with van der Waals surface area (Å²) in [5, 5.41) is 11.7. The molecule has 1 heterocycles. The fourth-order valence-electron chi connectivity index (χ4n) is 3.89. The average Bonchev–Trinajstić information content (AvgIpc) is 3.23. The third kappa shape index (κ3) is 4.91. The molecule has 4 nitrogen and oxygen atoms in total. The molecule has 0 saturated heterocycles. The molecule has 0 aliphatic rings. The zero-order chi connectivity index (χ0) is 23.5. The van der Waals surface area contributed by atoms with Gasteiger partial charge in [0.05, 0.1) is 12.0 Å². The molecule has 0 aliphatic heterocycles. The number of carboxylic acid groups (broad SMARTS) is 1. The van der Waals surface area contributed by atoms with E-state index in [1.807, 2.05) is 84.9 Å². The summed E-state index contributed by atoms with van der Waals surface area (Å²) in [5.74, 6) is -0.291. The SMILES string of the molecule is O=C(O)C(CCc1ccc(-c2ccc(Cl)cc2)cc1)SOc1ccc2oc3ccccc3c2c1. The molecular formula is C28H21ClO4S. The van der Waals surface area contributed by atoms with Crippen molar-refractivity contribution in [2.24, 2.45) is 0 Å². The normalized spacial score (nSPS) is 12.1. The van der Waals surface area contributed by atoms with Gasteiger partial charge in [0, 0.05) is 15.8 Å². The Hall–Kier alpha value is -3.41. The topological polar surface area (TPSA) is 59.7 Å². The van der Waals surface area contributed by atoms with Crippen LogP contribution in [0.5, 0.6) is 5.75 Å². The van der Waals surface area contributed by atoms with Gasteiger partial charge in [0.1, 0.15) is 22.2 Å². The number of halogens is 1. The fraction of sp³-hybridized carbons (Fsp3) is 0.107. The zero-order valence-electron chi connectivity index (χ0n) is 18.1. The van der Waals surface area contributed by atoms with Crippen molar-refractivity contribution < 1.29 is 18.5 Å². The van der Waals surface area contributed by atoms with Gasteiger partial charge in [-0.3, -0.25) is 4.79 Å². The van der Waals surface area contributed by atoms with Crippen LogP contribution < -0.4 is 4.18 Å². The van der Waals surface area contributed by atoms with E-state index in [4.69, 9.17) is 20.2 Å². The molecule has 0 fully saturated rings. The second-order valence-corrected chi connectivity index (χ2v) is 9.37. The zero-order valence-corrected chi connectivity index (χ0v) is 19.7. The molecule has 1 aromatic heterocycles. The summed E-state index contributed by atoms with van der Waals surface area (Å²) in [6.07, 6.45) is 1.09. The Labute approximate surface area is 206 Å². The second kappa shape index (κ2) is 9.84. The van der Waals surface area contributed by atoms with E-state index in [1.54, 1.807) is 6.07 Å². The Morgan fingerprint density at radius 2 is 1.56 bits per heavy atom. The van der Waals surface area contributed by atoms with Gasteiger partial charge in [-0.2, -0.15) is 0 Å². The Balaban J connectivity index is 1.23. The summed E-state index contributed by atoms with van der Waals surface area (Å²) in [7, 11) is 0. The molecule has 0 bridgehead atoms. The summed E-state index contributed by atoms with van der Waals surface area (Å²) in [6, 6.07) is 29.2. The van der Waals surface area contributed by atoms with Gasteiger partial charge in [-0.05, 0) is 65.9 Å². The molecule has 1 unspecified atom stereocenters. The minimum Gasteiger partial charge on any atom is -0.480 e. The second-order valence-electron chi connectivity index (χ2n) is 8.01. The maximum absolute atomic E-state index is 11.8. The molecule has 6 heteroatoms. The molecule has 5 aromatic rings. The Kier molecular flexibility index (Phi) is 6.48. The third-order valence-corrected chi connectivity index (χ3v) is 6.92. The molecular weight excluding hydrogens is 468 g/mol. The first kappa shape index (κ1) is 22.4. The van der Waals surface area contributed by atoms with Crippen LogP contribution in [-0.4, -0.2) is 16.3 Å². The first-order valence-electron chi connectivity index (χ1n) is 10.9. The Bertz CT molecular complexity index is 1440. The maximum atomic E-state index is 11.8. The van der Waals surface area contributed by atoms with Gasteiger partial charge in [-0.15, -0.1) is 0 Å². The number of para-hydroxylation sites is 1. The van der Waals surface area contributed by atoms with Gasteiger partial charge >= 0.3 is 5.97 Å². The first-order chi connectivity index (χ1) is 16.6. The number of carbonyl (C=O) groups is 1. The van der Waals surface area contributed by atoms with Crippen molar-refractivity contribution in [3.63, 3.8) is 0 Å². The summed E-state index contributed by atoms with van der Waals surface area (Å²) in [6.45, 7) is 0. The lowest BCUT2D eigenvalue weighted by Gasteiger charge is -2.12. The van der Waals surface area contributed by atoms with E-state index in [0.29, 0.717) is 23.6 Å². The van der Waals surface area contributed by atoms with Crippen LogP contribution in [0.25, 0.3) is 33.1 Å². The molecule has 170 valence electrons. The minimum atomic E-state index is -0.891. The van der Waals surface area contributed by atoms with Crippen LogP contribution in [0.4, 0.5) is 0 Å². The van der Waals surface area contributed by atoms with E-state index in [-0.39, 0.29) is 0 Å². The van der Waals surface area contributed by atoms with E-state index in [1.165, 1.54) is 0 Å². The van der Waals surface area contributed by atoms with Crippen molar-refractivity contribution in [1.29, 1.82) is 0 Å². The number of rotatable bonds is 8. The lowest BCUT2D eigenvalue weighted by molar-refractivity contribution is -0.136. The van der Waals surface area contributed by atoms with Crippen molar-refractivity contribution in [1.82, 2.24) is 0 Å². The van der Waals surface area contributed by atoms with Gasteiger partial charge in [0.2, 0.25) is 0 Å². The van der Waals surface area contributed by atoms with Crippen molar-refractivity contribution in [2.75, 3.05) is 0 Å². The summed E-state index contributed by atoms with van der Waals surface area (Å²) >= 11 is 6.94. The van der Waals surface area contributed by atoms with Crippen LogP contribution in [-0.2, 0) is 11.2 Å². The molecule has 34 heavy (non-hydrogen) atoms. The van der Waals surface area contributed by atoms with Crippen molar-refractivity contribution >= 4 is 51.6 Å². The number of aryl methyl sites for hydroxylation is 1. The van der Waals surface area contributed by atoms with E-state index in [9.17, 15) is 9.90 Å². The van der Waals surface area contributed by atoms with E-state index < -0.39 is 11.2 Å². The number of carboxylic acids is 1. The molecule has 0 saturated carbocycles. The highest BCUT2D eigenvalue weighted by atomic mass is 35.5. The molecule has 0 spiro atoms. The Morgan fingerprint density at radius 1 is 0.882 bits per heavy atom. The van der Waals surface area contributed by atoms with Crippen LogP contribution in [0.1, 0.15) is 12.0 Å². The van der Waals surface area contributed by atoms with Crippen LogP contribution in [0.3, 0.4) is 0 Å². The Morgan fingerprint density at radius 3 is 2.29 bits per heavy atom. The molecule has 0 radical (unpaired) electrons. The summed E-state index contributed by atoms with van der Waals surface area (Å²) in [4.78, 5) is 11.8. The predicted octanol–water partition coefficient (Wildman–Crippen LogP) is 8.02.